The Hall–Kier alpha value is -2.47. The maximum atomic E-state index is 13.3. The van der Waals surface area contributed by atoms with Crippen LogP contribution in [0.3, 0.4) is 0 Å². The zero-order valence-corrected chi connectivity index (χ0v) is 16.8. The van der Waals surface area contributed by atoms with Crippen molar-refractivity contribution in [3.8, 4) is 0 Å². The number of nitrogens with zero attached hydrogens (tertiary/aromatic N) is 1. The van der Waals surface area contributed by atoms with E-state index in [0.29, 0.717) is 18.7 Å². The predicted octanol–water partition coefficient (Wildman–Crippen LogP) is 3.30. The molecule has 0 spiro atoms. The maximum absolute atomic E-state index is 13.3. The molecule has 0 saturated heterocycles. The van der Waals surface area contributed by atoms with Gasteiger partial charge in [-0.1, -0.05) is 42.5 Å². The molecule has 2 aliphatic rings. The number of ether oxygens (including phenoxy) is 3. The standard InChI is InChI=1S/C22H27NO5/c1-5-11-17-14-21(20(25)26-6-2)18(16-12-9-8-10-13-16)23-22(17,27-7-3)19(21)28-15(4)24/h5,8-13,17,19H,6-7,14H2,1-4H3/b11-5+/t17-,19-,21-,22-/m0/s1. The first-order chi connectivity index (χ1) is 13.5. The Balaban J connectivity index is 2.26. The first-order valence-electron chi connectivity index (χ1n) is 9.73. The number of carbonyl (C=O) groups excluding carboxylic acids is 2. The number of aliphatic imine (C=N–C) groups is 1. The number of esters is 2. The molecule has 1 aromatic carbocycles. The van der Waals surface area contributed by atoms with Crippen molar-refractivity contribution in [2.24, 2.45) is 16.3 Å². The lowest BCUT2D eigenvalue weighted by atomic mass is 9.76. The van der Waals surface area contributed by atoms with Crippen molar-refractivity contribution in [3.05, 3.63) is 48.0 Å². The molecule has 0 radical (unpaired) electrons. The lowest BCUT2D eigenvalue weighted by Gasteiger charge is -2.33. The Morgan fingerprint density at radius 2 is 1.93 bits per heavy atom. The van der Waals surface area contributed by atoms with Gasteiger partial charge < -0.3 is 14.2 Å². The van der Waals surface area contributed by atoms with Gasteiger partial charge in [0.25, 0.3) is 0 Å². The van der Waals surface area contributed by atoms with E-state index in [-0.39, 0.29) is 12.5 Å². The smallest absolute Gasteiger partial charge is 0.322 e. The fraction of sp³-hybridized carbons (Fsp3) is 0.500. The Kier molecular flexibility index (Phi) is 5.70. The molecule has 6 nitrogen and oxygen atoms in total. The molecule has 6 heteroatoms. The molecule has 4 atom stereocenters. The Bertz CT molecular complexity index is 802. The summed E-state index contributed by atoms with van der Waals surface area (Å²) in [6, 6.07) is 9.48. The number of hydrogen-bond acceptors (Lipinski definition) is 6. The van der Waals surface area contributed by atoms with Crippen LogP contribution >= 0.6 is 0 Å². The molecule has 1 aliphatic heterocycles. The van der Waals surface area contributed by atoms with E-state index in [2.05, 4.69) is 0 Å². The molecule has 0 N–H and O–H groups in total. The van der Waals surface area contributed by atoms with Gasteiger partial charge in [0, 0.05) is 19.4 Å². The third kappa shape index (κ3) is 2.96. The van der Waals surface area contributed by atoms with Crippen molar-refractivity contribution in [2.45, 2.75) is 45.9 Å². The Labute approximate surface area is 165 Å². The van der Waals surface area contributed by atoms with Crippen LogP contribution in [0.25, 0.3) is 0 Å². The summed E-state index contributed by atoms with van der Waals surface area (Å²) in [4.78, 5) is 30.2. The van der Waals surface area contributed by atoms with Gasteiger partial charge in [-0.05, 0) is 32.8 Å². The third-order valence-electron chi connectivity index (χ3n) is 5.38. The molecule has 0 aromatic heterocycles. The lowest BCUT2D eigenvalue weighted by molar-refractivity contribution is -0.179. The number of benzene rings is 1. The van der Waals surface area contributed by atoms with E-state index in [1.807, 2.05) is 56.3 Å². The molecule has 0 unspecified atom stereocenters. The second-order valence-electron chi connectivity index (χ2n) is 7.03. The minimum absolute atomic E-state index is 0.210. The normalized spacial score (nSPS) is 31.1. The molecule has 1 heterocycles. The van der Waals surface area contributed by atoms with Gasteiger partial charge in [-0.25, -0.2) is 4.99 Å². The summed E-state index contributed by atoms with van der Waals surface area (Å²) in [6.07, 6.45) is 3.40. The van der Waals surface area contributed by atoms with E-state index in [1.54, 1.807) is 6.92 Å². The van der Waals surface area contributed by atoms with Crippen LogP contribution in [0.4, 0.5) is 0 Å². The van der Waals surface area contributed by atoms with Crippen LogP contribution in [-0.2, 0) is 23.8 Å². The molecule has 1 fully saturated rings. The van der Waals surface area contributed by atoms with Crippen LogP contribution < -0.4 is 0 Å². The van der Waals surface area contributed by atoms with Gasteiger partial charge in [0.05, 0.1) is 12.3 Å². The highest BCUT2D eigenvalue weighted by Crippen LogP contribution is 2.60. The molecular weight excluding hydrogens is 358 g/mol. The summed E-state index contributed by atoms with van der Waals surface area (Å²) >= 11 is 0. The van der Waals surface area contributed by atoms with Crippen molar-refractivity contribution < 1.29 is 23.8 Å². The topological polar surface area (TPSA) is 74.2 Å². The van der Waals surface area contributed by atoms with Crippen LogP contribution in [0.1, 0.15) is 39.7 Å². The SMILES string of the molecule is C/C=C/[C@H]1C[C@]2(C(=O)OCC)C(c3ccccc3)=N[C@@]1(OCC)[C@H]2OC(C)=O. The summed E-state index contributed by atoms with van der Waals surface area (Å²) in [6.45, 7) is 7.47. The van der Waals surface area contributed by atoms with Crippen molar-refractivity contribution in [1.29, 1.82) is 0 Å². The Morgan fingerprint density at radius 3 is 2.50 bits per heavy atom. The zero-order valence-electron chi connectivity index (χ0n) is 16.8. The number of hydrogen-bond donors (Lipinski definition) is 0. The second-order valence-corrected chi connectivity index (χ2v) is 7.03. The van der Waals surface area contributed by atoms with Gasteiger partial charge >= 0.3 is 11.9 Å². The largest absolute Gasteiger partial charge is 0.465 e. The van der Waals surface area contributed by atoms with Gasteiger partial charge in [-0.3, -0.25) is 9.59 Å². The minimum Gasteiger partial charge on any atom is -0.465 e. The number of rotatable bonds is 7. The first kappa shape index (κ1) is 20.3. The van der Waals surface area contributed by atoms with Crippen LogP contribution in [0.15, 0.2) is 47.5 Å². The lowest BCUT2D eigenvalue weighted by Crippen LogP contribution is -2.50. The summed E-state index contributed by atoms with van der Waals surface area (Å²) < 4.78 is 17.4. The molecule has 3 rings (SSSR count). The number of carbonyl (C=O) groups is 2. The van der Waals surface area contributed by atoms with E-state index in [1.165, 1.54) is 6.92 Å². The van der Waals surface area contributed by atoms with E-state index < -0.39 is 29.2 Å². The van der Waals surface area contributed by atoms with Crippen molar-refractivity contribution >= 4 is 17.7 Å². The summed E-state index contributed by atoms with van der Waals surface area (Å²) in [5.41, 5.74) is -0.993. The van der Waals surface area contributed by atoms with Crippen LogP contribution in [0, 0.1) is 11.3 Å². The number of allylic oxidation sites excluding steroid dienone is 1. The molecule has 1 aromatic rings. The fourth-order valence-electron chi connectivity index (χ4n) is 4.48. The van der Waals surface area contributed by atoms with E-state index in [0.717, 1.165) is 5.56 Å². The highest BCUT2D eigenvalue weighted by atomic mass is 16.6. The van der Waals surface area contributed by atoms with Gasteiger partial charge in [-0.2, -0.15) is 0 Å². The highest BCUT2D eigenvalue weighted by Gasteiger charge is 2.75. The summed E-state index contributed by atoms with van der Waals surface area (Å²) in [7, 11) is 0. The quantitative estimate of drug-likeness (QED) is 0.532. The zero-order chi connectivity index (χ0) is 20.4. The van der Waals surface area contributed by atoms with Crippen molar-refractivity contribution in [3.63, 3.8) is 0 Å². The average molecular weight is 385 g/mol. The molecule has 2 bridgehead atoms. The fourth-order valence-corrected chi connectivity index (χ4v) is 4.48. The average Bonchev–Trinajstić information content (AvgIpc) is 3.08. The van der Waals surface area contributed by atoms with E-state index in [4.69, 9.17) is 19.2 Å². The minimum atomic E-state index is -1.21. The molecule has 28 heavy (non-hydrogen) atoms. The van der Waals surface area contributed by atoms with Gasteiger partial charge in [0.1, 0.15) is 0 Å². The third-order valence-corrected chi connectivity index (χ3v) is 5.38. The van der Waals surface area contributed by atoms with Crippen LogP contribution in [0.2, 0.25) is 0 Å². The van der Waals surface area contributed by atoms with Gasteiger partial charge in [0.15, 0.2) is 11.5 Å². The Morgan fingerprint density at radius 1 is 1.21 bits per heavy atom. The van der Waals surface area contributed by atoms with Gasteiger partial charge in [-0.15, -0.1) is 0 Å². The molecule has 0 amide bonds. The highest BCUT2D eigenvalue weighted by molar-refractivity contribution is 6.18. The second kappa shape index (κ2) is 7.87. The molecule has 150 valence electrons. The molecule has 1 aliphatic carbocycles. The molecule has 1 saturated carbocycles. The summed E-state index contributed by atoms with van der Waals surface area (Å²) in [5, 5.41) is 0. The molecular formula is C22H27NO5. The van der Waals surface area contributed by atoms with Crippen LogP contribution in [0.5, 0.6) is 0 Å². The number of fused-ring (bicyclic) bond motifs is 2. The van der Waals surface area contributed by atoms with Gasteiger partial charge in [0.2, 0.25) is 5.72 Å². The van der Waals surface area contributed by atoms with Crippen molar-refractivity contribution in [2.75, 3.05) is 13.2 Å². The summed E-state index contributed by atoms with van der Waals surface area (Å²) in [5.74, 6) is -1.12. The first-order valence-corrected chi connectivity index (χ1v) is 9.73. The maximum Gasteiger partial charge on any atom is 0.322 e. The monoisotopic (exact) mass is 385 g/mol. The van der Waals surface area contributed by atoms with Crippen molar-refractivity contribution in [1.82, 2.24) is 0 Å². The predicted molar refractivity (Wildman–Crippen MR) is 105 cm³/mol. The van der Waals surface area contributed by atoms with E-state index in [9.17, 15) is 9.59 Å². The van der Waals surface area contributed by atoms with E-state index >= 15 is 0 Å². The van der Waals surface area contributed by atoms with Crippen LogP contribution in [-0.4, -0.2) is 42.7 Å².